The zero-order chi connectivity index (χ0) is 30.3. The van der Waals surface area contributed by atoms with Crippen LogP contribution in [0, 0.1) is 51.2 Å². The van der Waals surface area contributed by atoms with Crippen molar-refractivity contribution in [3.05, 3.63) is 53.6 Å². The molecule has 5 aliphatic carbocycles. The van der Waals surface area contributed by atoms with E-state index < -0.39 is 0 Å². The predicted molar refractivity (Wildman–Crippen MR) is 169 cm³/mol. The number of methoxy groups -OCH3 is 1. The number of carbonyl (C=O) groups excluding carboxylic acids is 1. The first-order chi connectivity index (χ1) is 19.8. The Balaban J connectivity index is 1.35. The van der Waals surface area contributed by atoms with Gasteiger partial charge in [0.25, 0.3) is 0 Å². The molecule has 0 aliphatic heterocycles. The summed E-state index contributed by atoms with van der Waals surface area (Å²) in [5, 5.41) is 13.4. The second-order valence-corrected chi connectivity index (χ2v) is 15.9. The Morgan fingerprint density at radius 1 is 1.02 bits per heavy atom. The Morgan fingerprint density at radius 3 is 2.38 bits per heavy atom. The first-order valence-electron chi connectivity index (χ1n) is 16.3. The number of esters is 1. The van der Waals surface area contributed by atoms with Crippen LogP contribution in [0.15, 0.2) is 47.6 Å². The van der Waals surface area contributed by atoms with Crippen molar-refractivity contribution < 1.29 is 14.7 Å². The van der Waals surface area contributed by atoms with Crippen molar-refractivity contribution in [2.45, 2.75) is 97.9 Å². The number of oxime groups is 1. The molecule has 0 saturated heterocycles. The van der Waals surface area contributed by atoms with E-state index in [2.05, 4.69) is 64.6 Å². The molecule has 9 atom stereocenters. The standard InChI is InChI=1S/C37H52N2O3/c1-23(2)26-14-19-36(22-39-41)20-21-37(38)28(31(26)36)12-13-30-34(5)17-15-27(24-8-10-25(11-9-24)32(40)42-7)33(3,4)29(34)16-18-35(30,37)6/h8-11,15,22,26,28-31,41H,1,12-14,16-21,38H2,2-7H3/b39-22+/t26?,28-,29+,30-,31-,34+,35-,36-,37+/m1/s1. The zero-order valence-electron chi connectivity index (χ0n) is 26.7. The summed E-state index contributed by atoms with van der Waals surface area (Å²) in [6.07, 6.45) is 14.4. The minimum atomic E-state index is -0.292. The fourth-order valence-electron chi connectivity index (χ4n) is 12.2. The van der Waals surface area contributed by atoms with Crippen LogP contribution >= 0.6 is 0 Å². The lowest BCUT2D eigenvalue weighted by molar-refractivity contribution is -0.186. The molecular formula is C37H52N2O3. The van der Waals surface area contributed by atoms with Gasteiger partial charge in [-0.25, -0.2) is 4.79 Å². The molecule has 5 aliphatic rings. The fraction of sp³-hybridized carbons (Fsp3) is 0.676. The first-order valence-corrected chi connectivity index (χ1v) is 16.3. The van der Waals surface area contributed by atoms with E-state index in [1.807, 2.05) is 18.3 Å². The molecule has 0 aromatic heterocycles. The Bertz CT molecular complexity index is 1330. The van der Waals surface area contributed by atoms with Crippen LogP contribution in [-0.2, 0) is 4.74 Å². The van der Waals surface area contributed by atoms with Crippen molar-refractivity contribution in [1.29, 1.82) is 0 Å². The van der Waals surface area contributed by atoms with Crippen LogP contribution in [0.5, 0.6) is 0 Å². The summed E-state index contributed by atoms with van der Waals surface area (Å²) >= 11 is 0. The lowest BCUT2D eigenvalue weighted by atomic mass is 9.34. The molecule has 42 heavy (non-hydrogen) atoms. The minimum absolute atomic E-state index is 0.00946. The number of ether oxygens (including phenoxy) is 1. The largest absolute Gasteiger partial charge is 0.465 e. The zero-order valence-corrected chi connectivity index (χ0v) is 26.7. The van der Waals surface area contributed by atoms with Crippen molar-refractivity contribution in [2.75, 3.05) is 7.11 Å². The van der Waals surface area contributed by atoms with Gasteiger partial charge in [0.2, 0.25) is 0 Å². The Labute approximate surface area is 253 Å². The summed E-state index contributed by atoms with van der Waals surface area (Å²) in [7, 11) is 1.43. The van der Waals surface area contributed by atoms with Gasteiger partial charge in [0.1, 0.15) is 0 Å². The number of hydrogen-bond acceptors (Lipinski definition) is 5. The molecule has 0 radical (unpaired) electrons. The molecule has 4 saturated carbocycles. The number of hydrogen-bond donors (Lipinski definition) is 2. The van der Waals surface area contributed by atoms with Crippen molar-refractivity contribution in [2.24, 2.45) is 62.1 Å². The average molecular weight is 573 g/mol. The first kappa shape index (κ1) is 29.7. The van der Waals surface area contributed by atoms with Gasteiger partial charge in [0.05, 0.1) is 18.9 Å². The van der Waals surface area contributed by atoms with Crippen LogP contribution in [0.1, 0.15) is 108 Å². The molecule has 0 heterocycles. The quantitative estimate of drug-likeness (QED) is 0.125. The van der Waals surface area contributed by atoms with E-state index in [-0.39, 0.29) is 33.2 Å². The maximum atomic E-state index is 12.0. The molecule has 6 rings (SSSR count). The van der Waals surface area contributed by atoms with Crippen molar-refractivity contribution in [3.63, 3.8) is 0 Å². The molecular weight excluding hydrogens is 520 g/mol. The van der Waals surface area contributed by atoms with Gasteiger partial charge < -0.3 is 15.7 Å². The summed E-state index contributed by atoms with van der Waals surface area (Å²) in [6.45, 7) is 16.7. The van der Waals surface area contributed by atoms with Crippen LogP contribution in [0.2, 0.25) is 0 Å². The number of nitrogens with two attached hydrogens (primary N) is 1. The number of benzene rings is 1. The van der Waals surface area contributed by atoms with E-state index in [0.29, 0.717) is 35.2 Å². The molecule has 4 fully saturated rings. The van der Waals surface area contributed by atoms with E-state index in [0.717, 1.165) is 44.9 Å². The van der Waals surface area contributed by atoms with Crippen LogP contribution < -0.4 is 5.73 Å². The smallest absolute Gasteiger partial charge is 0.337 e. The van der Waals surface area contributed by atoms with Gasteiger partial charge in [-0.05, 0) is 134 Å². The third-order valence-electron chi connectivity index (χ3n) is 14.1. The van der Waals surface area contributed by atoms with Crippen molar-refractivity contribution >= 4 is 17.8 Å². The summed E-state index contributed by atoms with van der Waals surface area (Å²) in [5.41, 5.74) is 12.3. The van der Waals surface area contributed by atoms with Gasteiger partial charge in [-0.2, -0.15) is 0 Å². The lowest BCUT2D eigenvalue weighted by Gasteiger charge is -2.72. The molecule has 3 N–H and O–H groups in total. The molecule has 228 valence electrons. The second kappa shape index (κ2) is 9.81. The fourth-order valence-corrected chi connectivity index (χ4v) is 12.2. The van der Waals surface area contributed by atoms with Crippen LogP contribution in [0.3, 0.4) is 0 Å². The second-order valence-electron chi connectivity index (χ2n) is 15.9. The average Bonchev–Trinajstić information content (AvgIpc) is 3.33. The van der Waals surface area contributed by atoms with Crippen LogP contribution in [-0.4, -0.2) is 30.0 Å². The Morgan fingerprint density at radius 2 is 1.74 bits per heavy atom. The predicted octanol–water partition coefficient (Wildman–Crippen LogP) is 8.28. The van der Waals surface area contributed by atoms with Gasteiger partial charge in [-0.15, -0.1) is 5.16 Å². The van der Waals surface area contributed by atoms with Crippen LogP contribution in [0.25, 0.3) is 5.57 Å². The summed E-state index contributed by atoms with van der Waals surface area (Å²) in [4.78, 5) is 12.0. The normalized spacial score (nSPS) is 43.9. The highest BCUT2D eigenvalue weighted by Gasteiger charge is 2.70. The van der Waals surface area contributed by atoms with E-state index >= 15 is 0 Å². The molecule has 0 bridgehead atoms. The maximum absolute atomic E-state index is 12.0. The highest BCUT2D eigenvalue weighted by atomic mass is 16.5. The molecule has 5 heteroatoms. The monoisotopic (exact) mass is 572 g/mol. The third-order valence-corrected chi connectivity index (χ3v) is 14.1. The minimum Gasteiger partial charge on any atom is -0.465 e. The van der Waals surface area contributed by atoms with Crippen molar-refractivity contribution in [3.8, 4) is 0 Å². The molecule has 1 aromatic rings. The van der Waals surface area contributed by atoms with E-state index in [1.54, 1.807) is 0 Å². The number of allylic oxidation sites excluding steroid dienone is 3. The van der Waals surface area contributed by atoms with Gasteiger partial charge >= 0.3 is 5.97 Å². The maximum Gasteiger partial charge on any atom is 0.337 e. The topological polar surface area (TPSA) is 84.9 Å². The molecule has 5 nitrogen and oxygen atoms in total. The number of carbonyl (C=O) groups is 1. The summed E-state index contributed by atoms with van der Waals surface area (Å²) < 4.78 is 4.92. The van der Waals surface area contributed by atoms with Gasteiger partial charge in [0, 0.05) is 11.0 Å². The summed E-state index contributed by atoms with van der Waals surface area (Å²) in [6, 6.07) is 7.99. The molecule has 0 amide bonds. The number of fused-ring (bicyclic) bond motifs is 7. The number of rotatable bonds is 4. The van der Waals surface area contributed by atoms with E-state index in [1.165, 1.54) is 36.7 Å². The molecule has 0 spiro atoms. The Kier molecular flexibility index (Phi) is 6.93. The third kappa shape index (κ3) is 3.84. The van der Waals surface area contributed by atoms with Gasteiger partial charge in [0.15, 0.2) is 0 Å². The summed E-state index contributed by atoms with van der Waals surface area (Å²) in [5.74, 6) is 2.11. The highest BCUT2D eigenvalue weighted by molar-refractivity contribution is 5.90. The SMILES string of the molecule is C=C(C)C1CC[C@]2(/C=N/O)CC[C@]3(N)[C@H](CC[C@@H]4[C@@]5(C)CC=C(c6ccc(C(=O)OC)cc6)C(C)(C)[C@@H]5CC[C@]43C)[C@@H]12. The van der Waals surface area contributed by atoms with Crippen molar-refractivity contribution in [1.82, 2.24) is 0 Å². The van der Waals surface area contributed by atoms with Crippen LogP contribution in [0.4, 0.5) is 0 Å². The molecule has 1 unspecified atom stereocenters. The lowest BCUT2D eigenvalue weighted by Crippen LogP contribution is -2.73. The highest BCUT2D eigenvalue weighted by Crippen LogP contribution is 2.74. The van der Waals surface area contributed by atoms with E-state index in [4.69, 9.17) is 10.5 Å². The van der Waals surface area contributed by atoms with Gasteiger partial charge in [-0.3, -0.25) is 0 Å². The number of nitrogens with zero attached hydrogens (tertiary/aromatic N) is 1. The van der Waals surface area contributed by atoms with E-state index in [9.17, 15) is 10.0 Å². The van der Waals surface area contributed by atoms with Gasteiger partial charge in [-0.1, -0.05) is 58.1 Å². The molecule has 1 aromatic carbocycles. The Hall–Kier alpha value is -2.40.